The first-order chi connectivity index (χ1) is 18.0. The van der Waals surface area contributed by atoms with Crippen LogP contribution in [0.5, 0.6) is 0 Å². The SMILES string of the molecule is [2H]O[C@]1([2H])C/C(=C/C=C2CCC[C@@]3(C)C2CC[C@@H]3[C@H](C)CCCC(C(F)(F)F)C(F)(F)OC)C(=C)[C@H](O)C1[2H]. The Hall–Kier alpha value is -1.25. The normalized spacial score (nSPS) is 41.0. The molecule has 8 atom stereocenters. The van der Waals surface area contributed by atoms with Gasteiger partial charge in [-0.05, 0) is 79.3 Å². The molecule has 8 heteroatoms. The van der Waals surface area contributed by atoms with E-state index in [0.717, 1.165) is 32.1 Å². The number of aliphatic hydroxyl groups is 2. The Bertz CT molecular complexity index is 955. The predicted molar refractivity (Wildman–Crippen MR) is 129 cm³/mol. The first kappa shape index (κ1) is 25.1. The lowest BCUT2D eigenvalue weighted by Crippen LogP contribution is -2.41. The third-order valence-corrected chi connectivity index (χ3v) is 8.93. The van der Waals surface area contributed by atoms with E-state index in [4.69, 9.17) is 4.17 Å². The van der Waals surface area contributed by atoms with E-state index in [1.165, 1.54) is 5.57 Å². The van der Waals surface area contributed by atoms with E-state index in [-0.39, 0.29) is 36.0 Å². The number of hydrogen-bond donors (Lipinski definition) is 2. The Morgan fingerprint density at radius 1 is 1.28 bits per heavy atom. The second-order valence-corrected chi connectivity index (χ2v) is 11.1. The minimum absolute atomic E-state index is 0.0325. The van der Waals surface area contributed by atoms with Crippen LogP contribution in [0.15, 0.2) is 35.5 Å². The third kappa shape index (κ3) is 6.24. The predicted octanol–water partition coefficient (Wildman–Crippen LogP) is 7.35. The quantitative estimate of drug-likeness (QED) is 0.311. The molecular formula is C28H41F5O3. The summed E-state index contributed by atoms with van der Waals surface area (Å²) in [6, 6.07) is 0. The lowest BCUT2D eigenvalue weighted by atomic mass is 9.60. The largest absolute Gasteiger partial charge is 0.400 e. The van der Waals surface area contributed by atoms with Crippen molar-refractivity contribution in [1.29, 1.82) is 1.43 Å². The molecular weight excluding hydrogens is 479 g/mol. The molecule has 0 spiro atoms. The van der Waals surface area contributed by atoms with Gasteiger partial charge in [-0.15, -0.1) is 0 Å². The summed E-state index contributed by atoms with van der Waals surface area (Å²) in [6.07, 6.45) is -5.67. The van der Waals surface area contributed by atoms with Crippen LogP contribution in [0.1, 0.15) is 80.8 Å². The maximum atomic E-state index is 13.8. The van der Waals surface area contributed by atoms with E-state index in [1.54, 1.807) is 0 Å². The number of alkyl halides is 5. The molecule has 3 rings (SSSR count). The molecule has 0 bridgehead atoms. The van der Waals surface area contributed by atoms with E-state index >= 15 is 0 Å². The molecule has 0 aliphatic heterocycles. The van der Waals surface area contributed by atoms with Crippen molar-refractivity contribution in [2.45, 2.75) is 103 Å². The summed E-state index contributed by atoms with van der Waals surface area (Å²) in [4.78, 5) is 0. The molecule has 0 aromatic rings. The standard InChI is InChI=1S/C28H41F5O3/c1-17(7-5-9-25(27(29,30)31)28(32,33)36-4)22-12-13-23-19(8-6-14-26(22,23)3)10-11-20-15-21(34)16-24(35)18(20)2/h10-11,17,21-25,34-35H,2,5-9,12-16H2,1,3-4H3/b19-10?,20-11-/t17-,21-,22-,23?,24-,25?,26-/m1/s1/i16D,21D,34D/t16?,17-,21-,22-,23?,24-,25?,26-. The Morgan fingerprint density at radius 3 is 2.64 bits per heavy atom. The van der Waals surface area contributed by atoms with Gasteiger partial charge in [-0.3, -0.25) is 0 Å². The minimum Gasteiger partial charge on any atom is -0.393 e. The molecule has 3 nitrogen and oxygen atoms in total. The summed E-state index contributed by atoms with van der Waals surface area (Å²) in [5.74, 6) is -2.25. The number of rotatable bonds is 9. The zero-order valence-corrected chi connectivity index (χ0v) is 21.3. The molecule has 36 heavy (non-hydrogen) atoms. The van der Waals surface area contributed by atoms with Crippen LogP contribution in [0.3, 0.4) is 0 Å². The molecule has 0 heterocycles. The van der Waals surface area contributed by atoms with Gasteiger partial charge in [0.15, 0.2) is 0 Å². The molecule has 3 aliphatic rings. The molecule has 3 saturated carbocycles. The number of halogens is 5. The highest BCUT2D eigenvalue weighted by Gasteiger charge is 2.56. The number of allylic oxidation sites excluding steroid dienone is 3. The highest BCUT2D eigenvalue weighted by molar-refractivity contribution is 5.38. The summed E-state index contributed by atoms with van der Waals surface area (Å²) in [5.41, 5.74) is 2.07. The van der Waals surface area contributed by atoms with Crippen molar-refractivity contribution in [2.75, 3.05) is 7.11 Å². The number of fused-ring (bicyclic) bond motifs is 1. The van der Waals surface area contributed by atoms with Gasteiger partial charge in [-0.1, -0.05) is 51.0 Å². The highest BCUT2D eigenvalue weighted by atomic mass is 19.4. The van der Waals surface area contributed by atoms with Crippen molar-refractivity contribution in [3.63, 3.8) is 0 Å². The van der Waals surface area contributed by atoms with Crippen molar-refractivity contribution in [1.82, 2.24) is 0 Å². The van der Waals surface area contributed by atoms with E-state index < -0.39 is 43.2 Å². The van der Waals surface area contributed by atoms with Gasteiger partial charge in [0.1, 0.15) is 5.92 Å². The first-order valence-corrected chi connectivity index (χ1v) is 12.8. The van der Waals surface area contributed by atoms with E-state index in [2.05, 4.69) is 23.3 Å². The molecule has 0 amide bonds. The number of aliphatic hydroxyl groups excluding tert-OH is 1. The fourth-order valence-electron chi connectivity index (χ4n) is 6.92. The van der Waals surface area contributed by atoms with Gasteiger partial charge in [0.05, 0.1) is 13.6 Å². The Kier molecular flexibility index (Phi) is 7.82. The molecule has 0 radical (unpaired) electrons. The van der Waals surface area contributed by atoms with E-state index in [9.17, 15) is 27.1 Å². The third-order valence-electron chi connectivity index (χ3n) is 8.93. The summed E-state index contributed by atoms with van der Waals surface area (Å²) in [7, 11) is 0.593. The van der Waals surface area contributed by atoms with Gasteiger partial charge in [0.25, 0.3) is 0 Å². The Balaban J connectivity index is 1.71. The van der Waals surface area contributed by atoms with Crippen molar-refractivity contribution >= 4 is 0 Å². The van der Waals surface area contributed by atoms with Gasteiger partial charge < -0.3 is 15.0 Å². The maximum absolute atomic E-state index is 13.8. The molecule has 206 valence electrons. The molecule has 0 aromatic carbocycles. The lowest BCUT2D eigenvalue weighted by molar-refractivity contribution is -0.328. The van der Waals surface area contributed by atoms with Crippen molar-refractivity contribution < 1.29 is 39.6 Å². The number of methoxy groups -OCH3 is 1. The van der Waals surface area contributed by atoms with Gasteiger partial charge in [-0.2, -0.15) is 22.0 Å². The van der Waals surface area contributed by atoms with Gasteiger partial charge in [-0.25, -0.2) is 0 Å². The van der Waals surface area contributed by atoms with Crippen LogP contribution < -0.4 is 0 Å². The van der Waals surface area contributed by atoms with Crippen LogP contribution in [0, 0.1) is 29.1 Å². The second kappa shape index (κ2) is 11.2. The first-order valence-electron chi connectivity index (χ1n) is 14.3. The summed E-state index contributed by atoms with van der Waals surface area (Å²) < 4.78 is 94.8. The number of ether oxygens (including phenoxy) is 1. The van der Waals surface area contributed by atoms with Crippen LogP contribution in [-0.2, 0) is 4.74 Å². The molecule has 3 fully saturated rings. The topological polar surface area (TPSA) is 49.7 Å². The van der Waals surface area contributed by atoms with Crippen LogP contribution in [0.2, 0.25) is 0 Å². The van der Waals surface area contributed by atoms with Crippen LogP contribution >= 0.6 is 0 Å². The van der Waals surface area contributed by atoms with Crippen molar-refractivity contribution in [3.8, 4) is 0 Å². The lowest BCUT2D eigenvalue weighted by Gasteiger charge is -2.44. The zero-order valence-electron chi connectivity index (χ0n) is 24.3. The summed E-state index contributed by atoms with van der Waals surface area (Å²) in [5, 5.41) is 14.9. The van der Waals surface area contributed by atoms with E-state index in [1.807, 2.05) is 19.1 Å². The van der Waals surface area contributed by atoms with E-state index in [0.29, 0.717) is 24.7 Å². The second-order valence-electron chi connectivity index (χ2n) is 11.1. The smallest absolute Gasteiger partial charge is 0.393 e. The average molecular weight is 524 g/mol. The molecule has 3 aliphatic carbocycles. The maximum Gasteiger partial charge on any atom is 0.400 e. The Morgan fingerprint density at radius 2 is 2.00 bits per heavy atom. The minimum atomic E-state index is -5.04. The van der Waals surface area contributed by atoms with Crippen molar-refractivity contribution in [3.05, 3.63) is 35.5 Å². The molecule has 0 aromatic heterocycles. The van der Waals surface area contributed by atoms with Gasteiger partial charge in [0, 0.05) is 14.9 Å². The summed E-state index contributed by atoms with van der Waals surface area (Å²) in [6.45, 7) is 8.12. The monoisotopic (exact) mass is 523 g/mol. The molecule has 3 unspecified atom stereocenters. The zero-order chi connectivity index (χ0) is 29.4. The Labute approximate surface area is 215 Å². The van der Waals surface area contributed by atoms with Crippen molar-refractivity contribution in [2.24, 2.45) is 29.1 Å². The number of hydrogen-bond acceptors (Lipinski definition) is 3. The average Bonchev–Trinajstić information content (AvgIpc) is 3.23. The van der Waals surface area contributed by atoms with Gasteiger partial charge >= 0.3 is 12.3 Å². The highest BCUT2D eigenvalue weighted by Crippen LogP contribution is 2.60. The summed E-state index contributed by atoms with van der Waals surface area (Å²) >= 11 is 0. The fourth-order valence-corrected chi connectivity index (χ4v) is 6.92. The van der Waals surface area contributed by atoms with Crippen LogP contribution in [-0.4, -0.2) is 43.2 Å². The van der Waals surface area contributed by atoms with Crippen LogP contribution in [0.25, 0.3) is 0 Å². The van der Waals surface area contributed by atoms with Gasteiger partial charge in [0.2, 0.25) is 1.43 Å². The molecule has 0 saturated heterocycles. The molecule has 2 N–H and O–H groups in total. The fraction of sp³-hybridized carbons (Fsp3) is 0.786. The van der Waals surface area contributed by atoms with Crippen LogP contribution in [0.4, 0.5) is 22.0 Å².